The Kier molecular flexibility index (Phi) is 8.89. The van der Waals surface area contributed by atoms with Crippen molar-refractivity contribution in [2.24, 2.45) is 5.73 Å². The molecule has 190 valence electrons. The molecule has 35 heavy (non-hydrogen) atoms. The third kappa shape index (κ3) is 6.47. The van der Waals surface area contributed by atoms with Crippen molar-refractivity contribution in [3.05, 3.63) is 59.7 Å². The van der Waals surface area contributed by atoms with Crippen molar-refractivity contribution in [2.45, 2.75) is 63.3 Å². The molecule has 0 bridgehead atoms. The highest BCUT2D eigenvalue weighted by Crippen LogP contribution is 2.51. The molecule has 0 fully saturated rings. The molecule has 7 heteroatoms. The first kappa shape index (κ1) is 25.8. The van der Waals surface area contributed by atoms with Crippen molar-refractivity contribution in [3.8, 4) is 0 Å². The molecule has 1 aliphatic heterocycles. The summed E-state index contributed by atoms with van der Waals surface area (Å²) < 4.78 is 21.5. The van der Waals surface area contributed by atoms with E-state index in [2.05, 4.69) is 41.4 Å². The summed E-state index contributed by atoms with van der Waals surface area (Å²) in [7, 11) is -2.80. The number of hydrogen-bond donors (Lipinski definition) is 4. The molecule has 5 N–H and O–H groups in total. The monoisotopic (exact) mass is 496 g/mol. The molecule has 0 saturated heterocycles. The summed E-state index contributed by atoms with van der Waals surface area (Å²) in [4.78, 5) is 7.88. The number of nitrogens with zero attached hydrogens (tertiary/aromatic N) is 2. The van der Waals surface area contributed by atoms with Crippen LogP contribution in [0.15, 0.2) is 53.4 Å². The number of para-hydroxylation sites is 1. The van der Waals surface area contributed by atoms with Crippen LogP contribution in [0.5, 0.6) is 0 Å². The number of hydrogen-bond acceptors (Lipinski definition) is 6. The standard InChI is InChI=1S/C28H40N4O2S/c1-22-12-11-14-24-25(30-17-10-6-4-2-3-5-9-16-29)20-27(31-28(22)24)32-18-19-35(33,34)26-15-8-7-13-23(26)21-32/h7-8,11-15,20,33-34H,2-6,9-10,16-19,21,29H2,1H3,(H,30,31). The lowest BCUT2D eigenvalue weighted by atomic mass is 10.1. The number of nitrogens with two attached hydrogens (primary N) is 1. The zero-order valence-electron chi connectivity index (χ0n) is 20.9. The van der Waals surface area contributed by atoms with Gasteiger partial charge in [0.1, 0.15) is 5.82 Å². The van der Waals surface area contributed by atoms with Crippen molar-refractivity contribution in [2.75, 3.05) is 35.6 Å². The highest BCUT2D eigenvalue weighted by atomic mass is 32.3. The van der Waals surface area contributed by atoms with Gasteiger partial charge in [-0.25, -0.2) is 4.98 Å². The third-order valence-corrected chi connectivity index (χ3v) is 8.73. The van der Waals surface area contributed by atoms with Gasteiger partial charge in [0.2, 0.25) is 0 Å². The second-order valence-corrected chi connectivity index (χ2v) is 11.8. The predicted molar refractivity (Wildman–Crippen MR) is 150 cm³/mol. The molecule has 0 aliphatic carbocycles. The van der Waals surface area contributed by atoms with E-state index >= 15 is 0 Å². The Labute approximate surface area is 211 Å². The van der Waals surface area contributed by atoms with Gasteiger partial charge in [-0.15, -0.1) is 0 Å². The molecule has 3 aromatic rings. The van der Waals surface area contributed by atoms with E-state index in [0.29, 0.717) is 23.7 Å². The molecule has 1 aromatic heterocycles. The first-order valence-electron chi connectivity index (χ1n) is 12.9. The Balaban J connectivity index is 1.49. The van der Waals surface area contributed by atoms with Crippen molar-refractivity contribution in [3.63, 3.8) is 0 Å². The molecule has 0 radical (unpaired) electrons. The summed E-state index contributed by atoms with van der Waals surface area (Å²) in [6.07, 6.45) is 8.59. The van der Waals surface area contributed by atoms with E-state index in [9.17, 15) is 9.11 Å². The van der Waals surface area contributed by atoms with Gasteiger partial charge in [0.25, 0.3) is 0 Å². The topological polar surface area (TPSA) is 94.6 Å². The summed E-state index contributed by atoms with van der Waals surface area (Å²) in [5, 5.41) is 4.81. The number of anilines is 2. The average Bonchev–Trinajstić information content (AvgIpc) is 2.99. The summed E-state index contributed by atoms with van der Waals surface area (Å²) in [6, 6.07) is 16.1. The molecule has 0 atom stereocenters. The number of fused-ring (bicyclic) bond motifs is 2. The molecule has 2 aromatic carbocycles. The van der Waals surface area contributed by atoms with Gasteiger partial charge in [-0.3, -0.25) is 9.11 Å². The Hall–Kier alpha value is -2.32. The van der Waals surface area contributed by atoms with Crippen molar-refractivity contribution in [1.29, 1.82) is 0 Å². The summed E-state index contributed by atoms with van der Waals surface area (Å²) >= 11 is 0. The predicted octanol–water partition coefficient (Wildman–Crippen LogP) is 6.77. The van der Waals surface area contributed by atoms with Crippen LogP contribution < -0.4 is 16.0 Å². The van der Waals surface area contributed by atoms with Gasteiger partial charge in [-0.2, -0.15) is 10.6 Å². The van der Waals surface area contributed by atoms with E-state index in [0.717, 1.165) is 59.5 Å². The van der Waals surface area contributed by atoms with Gasteiger partial charge < -0.3 is 16.0 Å². The van der Waals surface area contributed by atoms with Gasteiger partial charge in [0.15, 0.2) is 0 Å². The molecule has 0 saturated carbocycles. The minimum absolute atomic E-state index is 0.311. The molecular formula is C28H40N4O2S. The van der Waals surface area contributed by atoms with Crippen LogP contribution in [0.4, 0.5) is 11.5 Å². The second kappa shape index (κ2) is 12.1. The molecule has 0 amide bonds. The fourth-order valence-corrected chi connectivity index (χ4v) is 6.39. The van der Waals surface area contributed by atoms with Gasteiger partial charge >= 0.3 is 0 Å². The number of aromatic nitrogens is 1. The summed E-state index contributed by atoms with van der Waals surface area (Å²) in [5.74, 6) is 1.19. The summed E-state index contributed by atoms with van der Waals surface area (Å²) in [6.45, 7) is 4.99. The maximum Gasteiger partial charge on any atom is 0.131 e. The average molecular weight is 497 g/mol. The molecule has 2 heterocycles. The number of unbranched alkanes of at least 4 members (excludes halogenated alkanes) is 6. The van der Waals surface area contributed by atoms with Gasteiger partial charge in [0, 0.05) is 36.8 Å². The maximum absolute atomic E-state index is 10.8. The number of rotatable bonds is 11. The lowest BCUT2D eigenvalue weighted by molar-refractivity contribution is 0.488. The SMILES string of the molecule is Cc1cccc2c(NCCCCCCCCCN)cc(N3CCS(O)(O)c4ccccc4C3)nc12. The van der Waals surface area contributed by atoms with Crippen LogP contribution in [-0.4, -0.2) is 39.5 Å². The number of aryl methyl sites for hydroxylation is 1. The minimum Gasteiger partial charge on any atom is -0.384 e. The Bertz CT molecular complexity index is 1120. The molecule has 0 spiro atoms. The second-order valence-electron chi connectivity index (χ2n) is 9.59. The first-order chi connectivity index (χ1) is 17.0. The molecule has 0 unspecified atom stereocenters. The summed E-state index contributed by atoms with van der Waals surface area (Å²) in [5.41, 5.74) is 9.77. The molecule has 4 rings (SSSR count). The van der Waals surface area contributed by atoms with Crippen LogP contribution >= 0.6 is 10.6 Å². The van der Waals surface area contributed by atoms with Crippen LogP contribution in [0.25, 0.3) is 10.9 Å². The van der Waals surface area contributed by atoms with Crippen LogP contribution in [0.2, 0.25) is 0 Å². The van der Waals surface area contributed by atoms with Crippen LogP contribution in [0.1, 0.15) is 56.1 Å². The van der Waals surface area contributed by atoms with Gasteiger partial charge in [-0.1, -0.05) is 68.5 Å². The van der Waals surface area contributed by atoms with Crippen molar-refractivity contribution >= 4 is 33.0 Å². The van der Waals surface area contributed by atoms with E-state index in [4.69, 9.17) is 10.7 Å². The smallest absolute Gasteiger partial charge is 0.131 e. The van der Waals surface area contributed by atoms with Crippen LogP contribution in [0.3, 0.4) is 0 Å². The van der Waals surface area contributed by atoms with Gasteiger partial charge in [-0.05, 0) is 43.5 Å². The van der Waals surface area contributed by atoms with Crippen molar-refractivity contribution in [1.82, 2.24) is 4.98 Å². The fourth-order valence-electron chi connectivity index (χ4n) is 4.84. The fraction of sp³-hybridized carbons (Fsp3) is 0.464. The van der Waals surface area contributed by atoms with Crippen LogP contribution in [-0.2, 0) is 6.54 Å². The number of pyridine rings is 1. The van der Waals surface area contributed by atoms with E-state index in [1.165, 1.54) is 32.1 Å². The lowest BCUT2D eigenvalue weighted by Crippen LogP contribution is -2.26. The Morgan fingerprint density at radius 2 is 1.71 bits per heavy atom. The highest BCUT2D eigenvalue weighted by Gasteiger charge is 2.26. The van der Waals surface area contributed by atoms with Gasteiger partial charge in [0.05, 0.1) is 16.2 Å². The van der Waals surface area contributed by atoms with Crippen molar-refractivity contribution < 1.29 is 9.11 Å². The number of benzene rings is 2. The minimum atomic E-state index is -2.80. The first-order valence-corrected chi connectivity index (χ1v) is 14.6. The van der Waals surface area contributed by atoms with Crippen LogP contribution in [0, 0.1) is 6.92 Å². The normalized spacial score (nSPS) is 16.1. The molecule has 1 aliphatic rings. The third-order valence-electron chi connectivity index (χ3n) is 6.88. The Morgan fingerprint density at radius 1 is 0.971 bits per heavy atom. The zero-order valence-corrected chi connectivity index (χ0v) is 21.7. The van der Waals surface area contributed by atoms with E-state index < -0.39 is 10.6 Å². The van der Waals surface area contributed by atoms with E-state index in [-0.39, 0.29) is 0 Å². The maximum atomic E-state index is 10.8. The molecule has 6 nitrogen and oxygen atoms in total. The largest absolute Gasteiger partial charge is 0.384 e. The highest BCUT2D eigenvalue weighted by molar-refractivity contribution is 8.24. The van der Waals surface area contributed by atoms with E-state index in [1.54, 1.807) is 0 Å². The lowest BCUT2D eigenvalue weighted by Gasteiger charge is -2.32. The zero-order chi connectivity index (χ0) is 24.7. The number of nitrogens with one attached hydrogen (secondary N) is 1. The Morgan fingerprint density at radius 3 is 2.51 bits per heavy atom. The quantitative estimate of drug-likeness (QED) is 0.219. The van der Waals surface area contributed by atoms with E-state index in [1.807, 2.05) is 24.3 Å². The molecular weight excluding hydrogens is 456 g/mol.